The fraction of sp³-hybridized carbons (Fsp3) is 0.636. The maximum absolute atomic E-state index is 13.1. The predicted octanol–water partition coefficient (Wildman–Crippen LogP) is 1.20. The summed E-state index contributed by atoms with van der Waals surface area (Å²) < 4.78 is 0. The second-order valence-electron chi connectivity index (χ2n) is 8.79. The largest absolute Gasteiger partial charge is 0.380 e. The minimum Gasteiger partial charge on any atom is -0.380 e. The summed E-state index contributed by atoms with van der Waals surface area (Å²) in [6, 6.07) is 8.41. The van der Waals surface area contributed by atoms with Gasteiger partial charge in [0.15, 0.2) is 0 Å². The number of aliphatic hydroxyl groups is 1. The molecular formula is C22H31N3O3. The number of benzene rings is 1. The van der Waals surface area contributed by atoms with Crippen molar-refractivity contribution in [3.63, 3.8) is 0 Å². The van der Waals surface area contributed by atoms with Gasteiger partial charge in [0, 0.05) is 32.6 Å². The summed E-state index contributed by atoms with van der Waals surface area (Å²) in [5.74, 6) is -0.0306. The van der Waals surface area contributed by atoms with E-state index < -0.39 is 5.60 Å². The van der Waals surface area contributed by atoms with Crippen LogP contribution in [0.5, 0.6) is 0 Å². The molecule has 1 aromatic rings. The first-order valence-electron chi connectivity index (χ1n) is 10.4. The molecule has 0 radical (unpaired) electrons. The van der Waals surface area contributed by atoms with Gasteiger partial charge in [-0.15, -0.1) is 0 Å². The zero-order valence-corrected chi connectivity index (χ0v) is 16.9. The SMILES string of the molecule is Cc1cccc(CCN2C(=O)C[C@H]3[C@@H]2CCN3C(=O)C2(O)CCN(C)CC2)c1. The molecule has 0 bridgehead atoms. The number of rotatable bonds is 4. The van der Waals surface area contributed by atoms with Gasteiger partial charge in [-0.3, -0.25) is 9.59 Å². The number of fused-ring (bicyclic) bond motifs is 1. The van der Waals surface area contributed by atoms with Gasteiger partial charge in [-0.1, -0.05) is 29.8 Å². The summed E-state index contributed by atoms with van der Waals surface area (Å²) in [6.45, 7) is 4.87. The van der Waals surface area contributed by atoms with Crippen LogP contribution in [0.2, 0.25) is 0 Å². The monoisotopic (exact) mass is 385 g/mol. The quantitative estimate of drug-likeness (QED) is 0.846. The molecule has 0 unspecified atom stereocenters. The van der Waals surface area contributed by atoms with Crippen molar-refractivity contribution in [3.8, 4) is 0 Å². The average molecular weight is 386 g/mol. The number of piperidine rings is 1. The van der Waals surface area contributed by atoms with E-state index in [4.69, 9.17) is 0 Å². The number of aryl methyl sites for hydroxylation is 1. The molecule has 3 saturated heterocycles. The number of likely N-dealkylation sites (tertiary alicyclic amines) is 3. The Morgan fingerprint density at radius 1 is 1.21 bits per heavy atom. The lowest BCUT2D eigenvalue weighted by Gasteiger charge is -2.39. The van der Waals surface area contributed by atoms with E-state index in [0.717, 1.165) is 25.9 Å². The molecule has 0 aliphatic carbocycles. The second kappa shape index (κ2) is 7.48. The zero-order valence-electron chi connectivity index (χ0n) is 16.9. The lowest BCUT2D eigenvalue weighted by Crippen LogP contribution is -2.56. The van der Waals surface area contributed by atoms with E-state index in [-0.39, 0.29) is 23.9 Å². The first-order chi connectivity index (χ1) is 13.4. The van der Waals surface area contributed by atoms with Crippen LogP contribution in [0, 0.1) is 6.92 Å². The highest BCUT2D eigenvalue weighted by atomic mass is 16.3. The number of hydrogen-bond donors (Lipinski definition) is 1. The van der Waals surface area contributed by atoms with Gasteiger partial charge in [-0.25, -0.2) is 0 Å². The molecule has 0 aromatic heterocycles. The molecule has 6 heteroatoms. The third-order valence-corrected chi connectivity index (χ3v) is 6.81. The van der Waals surface area contributed by atoms with Gasteiger partial charge in [0.2, 0.25) is 5.91 Å². The van der Waals surface area contributed by atoms with Crippen molar-refractivity contribution >= 4 is 11.8 Å². The minimum absolute atomic E-state index is 0.0822. The van der Waals surface area contributed by atoms with Gasteiger partial charge < -0.3 is 19.8 Å². The van der Waals surface area contributed by atoms with Crippen LogP contribution in [-0.2, 0) is 16.0 Å². The molecule has 6 nitrogen and oxygen atoms in total. The highest BCUT2D eigenvalue weighted by molar-refractivity contribution is 5.88. The topological polar surface area (TPSA) is 64.1 Å². The molecule has 28 heavy (non-hydrogen) atoms. The van der Waals surface area contributed by atoms with Crippen LogP contribution in [0.1, 0.15) is 36.8 Å². The molecule has 152 valence electrons. The Bertz CT molecular complexity index is 757. The van der Waals surface area contributed by atoms with Crippen LogP contribution >= 0.6 is 0 Å². The molecule has 1 aromatic carbocycles. The molecule has 1 N–H and O–H groups in total. The normalized spacial score (nSPS) is 27.3. The van der Waals surface area contributed by atoms with Gasteiger partial charge in [-0.2, -0.15) is 0 Å². The van der Waals surface area contributed by atoms with Crippen LogP contribution in [0.4, 0.5) is 0 Å². The van der Waals surface area contributed by atoms with Crippen molar-refractivity contribution in [1.29, 1.82) is 0 Å². The molecule has 0 spiro atoms. The number of carbonyl (C=O) groups is 2. The number of hydrogen-bond acceptors (Lipinski definition) is 4. The van der Waals surface area contributed by atoms with Crippen molar-refractivity contribution in [2.24, 2.45) is 0 Å². The first kappa shape index (κ1) is 19.4. The Balaban J connectivity index is 1.41. The van der Waals surface area contributed by atoms with Crippen LogP contribution in [0.25, 0.3) is 0 Å². The van der Waals surface area contributed by atoms with Gasteiger partial charge in [0.1, 0.15) is 5.60 Å². The molecule has 3 aliphatic heterocycles. The first-order valence-corrected chi connectivity index (χ1v) is 10.4. The van der Waals surface area contributed by atoms with Gasteiger partial charge in [0.05, 0.1) is 12.1 Å². The zero-order chi connectivity index (χ0) is 19.9. The third-order valence-electron chi connectivity index (χ3n) is 6.81. The maximum Gasteiger partial charge on any atom is 0.254 e. The summed E-state index contributed by atoms with van der Waals surface area (Å²) in [5.41, 5.74) is 1.20. The standard InChI is InChI=1S/C22H31N3O3/c1-16-4-3-5-17(14-16)6-10-24-18-7-11-25(19(18)15-20(24)26)21(27)22(28)8-12-23(2)13-9-22/h3-5,14,18-19,28H,6-13,15H2,1-2H3/t18-,19-/m0/s1. The van der Waals surface area contributed by atoms with Crippen molar-refractivity contribution in [2.45, 2.75) is 56.7 Å². The Labute approximate surface area is 167 Å². The Hall–Kier alpha value is -1.92. The van der Waals surface area contributed by atoms with Crippen LogP contribution < -0.4 is 0 Å². The predicted molar refractivity (Wildman–Crippen MR) is 107 cm³/mol. The smallest absolute Gasteiger partial charge is 0.254 e. The van der Waals surface area contributed by atoms with E-state index in [0.29, 0.717) is 32.4 Å². The van der Waals surface area contributed by atoms with E-state index in [1.165, 1.54) is 11.1 Å². The Morgan fingerprint density at radius 3 is 2.68 bits per heavy atom. The van der Waals surface area contributed by atoms with E-state index in [1.807, 2.05) is 11.9 Å². The van der Waals surface area contributed by atoms with Gasteiger partial charge in [0.25, 0.3) is 5.91 Å². The summed E-state index contributed by atoms with van der Waals surface area (Å²) in [4.78, 5) is 31.7. The molecule has 4 rings (SSSR count). The highest BCUT2D eigenvalue weighted by Gasteiger charge is 2.52. The summed E-state index contributed by atoms with van der Waals surface area (Å²) in [7, 11) is 2.01. The molecule has 3 heterocycles. The number of amides is 2. The molecular weight excluding hydrogens is 354 g/mol. The van der Waals surface area contributed by atoms with E-state index in [1.54, 1.807) is 4.90 Å². The van der Waals surface area contributed by atoms with E-state index in [9.17, 15) is 14.7 Å². The molecule has 3 aliphatic rings. The highest BCUT2D eigenvalue weighted by Crippen LogP contribution is 2.35. The van der Waals surface area contributed by atoms with Crippen LogP contribution in [0.3, 0.4) is 0 Å². The summed E-state index contributed by atoms with van der Waals surface area (Å²) in [6.07, 6.45) is 2.98. The van der Waals surface area contributed by atoms with Crippen molar-refractivity contribution < 1.29 is 14.7 Å². The molecule has 2 atom stereocenters. The number of carbonyl (C=O) groups excluding carboxylic acids is 2. The van der Waals surface area contributed by atoms with Crippen LogP contribution in [-0.4, -0.2) is 82.5 Å². The van der Waals surface area contributed by atoms with Crippen LogP contribution in [0.15, 0.2) is 24.3 Å². The van der Waals surface area contributed by atoms with Crippen molar-refractivity contribution in [1.82, 2.24) is 14.7 Å². The van der Waals surface area contributed by atoms with Crippen molar-refractivity contribution in [2.75, 3.05) is 33.2 Å². The maximum atomic E-state index is 13.1. The summed E-state index contributed by atoms with van der Waals surface area (Å²) in [5, 5.41) is 10.9. The fourth-order valence-corrected chi connectivity index (χ4v) is 5.06. The van der Waals surface area contributed by atoms with E-state index >= 15 is 0 Å². The van der Waals surface area contributed by atoms with E-state index in [2.05, 4.69) is 36.1 Å². The fourth-order valence-electron chi connectivity index (χ4n) is 5.06. The van der Waals surface area contributed by atoms with Gasteiger partial charge in [-0.05, 0) is 45.2 Å². The molecule has 2 amide bonds. The third kappa shape index (κ3) is 3.55. The van der Waals surface area contributed by atoms with Crippen molar-refractivity contribution in [3.05, 3.63) is 35.4 Å². The summed E-state index contributed by atoms with van der Waals surface area (Å²) >= 11 is 0. The Morgan fingerprint density at radius 2 is 1.96 bits per heavy atom. The Kier molecular flexibility index (Phi) is 5.19. The molecule has 0 saturated carbocycles. The second-order valence-corrected chi connectivity index (χ2v) is 8.79. The average Bonchev–Trinajstić information content (AvgIpc) is 3.20. The minimum atomic E-state index is -1.26. The lowest BCUT2D eigenvalue weighted by molar-refractivity contribution is -0.157. The molecule has 3 fully saturated rings. The van der Waals surface area contributed by atoms with Gasteiger partial charge >= 0.3 is 0 Å². The number of nitrogens with zero attached hydrogens (tertiary/aromatic N) is 3. The lowest BCUT2D eigenvalue weighted by atomic mass is 9.89.